The van der Waals surface area contributed by atoms with E-state index in [2.05, 4.69) is 58.7 Å². The van der Waals surface area contributed by atoms with E-state index in [1.807, 2.05) is 13.2 Å². The smallest absolute Gasteiger partial charge is 0.242 e. The molecule has 0 radical (unpaired) electrons. The Balaban J connectivity index is 1.52. The summed E-state index contributed by atoms with van der Waals surface area (Å²) >= 11 is 0. The molecule has 0 saturated carbocycles. The molecule has 152 valence electrons. The van der Waals surface area contributed by atoms with E-state index in [-0.39, 0.29) is 18.1 Å². The monoisotopic (exact) mass is 385 g/mol. The second-order valence-electron chi connectivity index (χ2n) is 7.65. The molecule has 1 saturated heterocycles. The van der Waals surface area contributed by atoms with Gasteiger partial charge in [-0.1, -0.05) is 24.3 Å². The summed E-state index contributed by atoms with van der Waals surface area (Å²) < 4.78 is 7.49. The van der Waals surface area contributed by atoms with E-state index in [4.69, 9.17) is 4.74 Å². The lowest BCUT2D eigenvalue weighted by atomic mass is 10.1. The van der Waals surface area contributed by atoms with Crippen molar-refractivity contribution >= 4 is 5.91 Å². The summed E-state index contributed by atoms with van der Waals surface area (Å²) in [7, 11) is 3.62. The van der Waals surface area contributed by atoms with E-state index in [1.54, 1.807) is 17.9 Å². The fourth-order valence-corrected chi connectivity index (χ4v) is 3.76. The number of rotatable bonds is 7. The number of aryl methyl sites for hydroxylation is 1. The van der Waals surface area contributed by atoms with Gasteiger partial charge in [-0.2, -0.15) is 5.10 Å². The molecule has 3 atom stereocenters. The fourth-order valence-electron chi connectivity index (χ4n) is 3.76. The first-order chi connectivity index (χ1) is 13.4. The number of likely N-dealkylation sites (N-methyl/N-ethyl adjacent to an activating group) is 1. The number of aromatic nitrogens is 2. The predicted octanol–water partition coefficient (Wildman–Crippen LogP) is 1.61. The van der Waals surface area contributed by atoms with Crippen LogP contribution < -0.4 is 10.6 Å². The Bertz CT molecular complexity index is 763. The van der Waals surface area contributed by atoms with Gasteiger partial charge in [-0.05, 0) is 32.0 Å². The number of carbonyl (C=O) groups is 1. The molecule has 1 aliphatic rings. The van der Waals surface area contributed by atoms with Gasteiger partial charge in [0.15, 0.2) is 0 Å². The molecular weight excluding hydrogens is 354 g/mol. The Kier molecular flexibility index (Phi) is 6.83. The van der Waals surface area contributed by atoms with Gasteiger partial charge in [0.1, 0.15) is 6.04 Å². The summed E-state index contributed by atoms with van der Waals surface area (Å²) in [6.07, 6.45) is 4.11. The molecule has 3 unspecified atom stereocenters. The van der Waals surface area contributed by atoms with Gasteiger partial charge in [-0.15, -0.1) is 0 Å². The quantitative estimate of drug-likeness (QED) is 0.758. The lowest BCUT2D eigenvalue weighted by Crippen LogP contribution is -2.44. The van der Waals surface area contributed by atoms with Crippen LogP contribution in [0.15, 0.2) is 36.7 Å². The van der Waals surface area contributed by atoms with Crippen LogP contribution in [0.5, 0.6) is 0 Å². The number of hydrogen-bond donors (Lipinski definition) is 2. The van der Waals surface area contributed by atoms with Crippen molar-refractivity contribution in [3.8, 4) is 0 Å². The summed E-state index contributed by atoms with van der Waals surface area (Å²) in [5.74, 6) is -0.0594. The zero-order chi connectivity index (χ0) is 20.1. The highest BCUT2D eigenvalue weighted by atomic mass is 16.5. The van der Waals surface area contributed by atoms with Crippen molar-refractivity contribution in [1.29, 1.82) is 0 Å². The first-order valence-corrected chi connectivity index (χ1v) is 9.83. The van der Waals surface area contributed by atoms with Gasteiger partial charge in [-0.25, -0.2) is 0 Å². The summed E-state index contributed by atoms with van der Waals surface area (Å²) in [5.41, 5.74) is 3.22. The van der Waals surface area contributed by atoms with E-state index in [9.17, 15) is 4.79 Å². The van der Waals surface area contributed by atoms with E-state index in [1.165, 1.54) is 5.56 Å². The Morgan fingerprint density at radius 2 is 1.86 bits per heavy atom. The van der Waals surface area contributed by atoms with E-state index in [0.717, 1.165) is 30.8 Å². The van der Waals surface area contributed by atoms with Gasteiger partial charge >= 0.3 is 0 Å². The van der Waals surface area contributed by atoms with Crippen LogP contribution in [-0.2, 0) is 29.7 Å². The molecule has 2 aromatic rings. The minimum Gasteiger partial charge on any atom is -0.373 e. The highest BCUT2D eigenvalue weighted by molar-refractivity contribution is 5.83. The minimum atomic E-state index is -0.404. The second kappa shape index (κ2) is 9.32. The fraction of sp³-hybridized carbons (Fsp3) is 0.524. The molecule has 1 aromatic heterocycles. The molecule has 1 aliphatic heterocycles. The largest absolute Gasteiger partial charge is 0.373 e. The van der Waals surface area contributed by atoms with Crippen LogP contribution in [0.1, 0.15) is 36.6 Å². The van der Waals surface area contributed by atoms with Crippen LogP contribution in [-0.4, -0.2) is 52.9 Å². The third kappa shape index (κ3) is 5.41. The number of carbonyl (C=O) groups excluding carboxylic acids is 1. The molecule has 7 heteroatoms. The average molecular weight is 386 g/mol. The molecule has 7 nitrogen and oxygen atoms in total. The molecule has 1 aromatic carbocycles. The summed E-state index contributed by atoms with van der Waals surface area (Å²) in [6.45, 7) is 7.59. The van der Waals surface area contributed by atoms with Crippen molar-refractivity contribution in [2.45, 2.75) is 45.2 Å². The van der Waals surface area contributed by atoms with E-state index < -0.39 is 6.04 Å². The van der Waals surface area contributed by atoms with Crippen molar-refractivity contribution in [3.05, 3.63) is 53.3 Å². The number of hydrogen-bond acceptors (Lipinski definition) is 5. The Morgan fingerprint density at radius 1 is 1.21 bits per heavy atom. The lowest BCUT2D eigenvalue weighted by molar-refractivity contribution is -0.123. The first kappa shape index (κ1) is 20.5. The Labute approximate surface area is 167 Å². The lowest BCUT2D eigenvalue weighted by Gasteiger charge is -2.35. The van der Waals surface area contributed by atoms with Crippen molar-refractivity contribution in [3.63, 3.8) is 0 Å². The molecule has 2 N–H and O–H groups in total. The van der Waals surface area contributed by atoms with Crippen LogP contribution in [0, 0.1) is 0 Å². The number of ether oxygens (including phenoxy) is 1. The van der Waals surface area contributed by atoms with E-state index in [0.29, 0.717) is 6.54 Å². The van der Waals surface area contributed by atoms with Gasteiger partial charge < -0.3 is 15.4 Å². The van der Waals surface area contributed by atoms with Crippen LogP contribution in [0.2, 0.25) is 0 Å². The first-order valence-electron chi connectivity index (χ1n) is 9.83. The number of nitrogens with zero attached hydrogens (tertiary/aromatic N) is 3. The topological polar surface area (TPSA) is 71.4 Å². The van der Waals surface area contributed by atoms with Gasteiger partial charge in [0.2, 0.25) is 5.91 Å². The third-order valence-electron chi connectivity index (χ3n) is 5.00. The Morgan fingerprint density at radius 3 is 2.43 bits per heavy atom. The maximum absolute atomic E-state index is 12.5. The van der Waals surface area contributed by atoms with Crippen molar-refractivity contribution < 1.29 is 9.53 Å². The van der Waals surface area contributed by atoms with Gasteiger partial charge in [0.05, 0.1) is 18.4 Å². The standard InChI is InChI=1S/C21H31N5O2/c1-15-11-26(12-16(2)28-15)13-18-7-5-17(6-8-18)9-23-21(27)20(22-3)19-10-24-25(4)14-19/h5-8,10,14-16,20,22H,9,11-13H2,1-4H3,(H,23,27). The van der Waals surface area contributed by atoms with Crippen molar-refractivity contribution in [2.24, 2.45) is 7.05 Å². The molecule has 1 amide bonds. The second-order valence-corrected chi connectivity index (χ2v) is 7.65. The van der Waals surface area contributed by atoms with E-state index >= 15 is 0 Å². The van der Waals surface area contributed by atoms with Gasteiger partial charge in [0.25, 0.3) is 0 Å². The molecular formula is C21H31N5O2. The zero-order valence-corrected chi connectivity index (χ0v) is 17.2. The SMILES string of the molecule is CNC(C(=O)NCc1ccc(CN2CC(C)OC(C)C2)cc1)c1cnn(C)c1. The molecule has 2 heterocycles. The number of benzene rings is 1. The third-order valence-corrected chi connectivity index (χ3v) is 5.00. The maximum Gasteiger partial charge on any atom is 0.242 e. The van der Waals surface area contributed by atoms with Crippen LogP contribution in [0.3, 0.4) is 0 Å². The molecule has 0 bridgehead atoms. The van der Waals surface area contributed by atoms with Gasteiger partial charge in [0, 0.05) is 45.0 Å². The summed E-state index contributed by atoms with van der Waals surface area (Å²) in [6, 6.07) is 8.05. The highest BCUT2D eigenvalue weighted by Gasteiger charge is 2.22. The Hall–Kier alpha value is -2.22. The molecule has 28 heavy (non-hydrogen) atoms. The summed E-state index contributed by atoms with van der Waals surface area (Å²) in [5, 5.41) is 10.2. The highest BCUT2D eigenvalue weighted by Crippen LogP contribution is 2.15. The number of amides is 1. The average Bonchev–Trinajstić information content (AvgIpc) is 3.07. The molecule has 3 rings (SSSR count). The van der Waals surface area contributed by atoms with Crippen LogP contribution in [0.4, 0.5) is 0 Å². The molecule has 0 aliphatic carbocycles. The predicted molar refractivity (Wildman–Crippen MR) is 109 cm³/mol. The number of nitrogens with one attached hydrogen (secondary N) is 2. The molecule has 1 fully saturated rings. The van der Waals surface area contributed by atoms with Gasteiger partial charge in [-0.3, -0.25) is 14.4 Å². The van der Waals surface area contributed by atoms with Crippen LogP contribution >= 0.6 is 0 Å². The summed E-state index contributed by atoms with van der Waals surface area (Å²) in [4.78, 5) is 15.0. The van der Waals surface area contributed by atoms with Crippen molar-refractivity contribution in [1.82, 2.24) is 25.3 Å². The van der Waals surface area contributed by atoms with Crippen LogP contribution in [0.25, 0.3) is 0 Å². The normalized spacial score (nSPS) is 21.4. The number of morpholine rings is 1. The zero-order valence-electron chi connectivity index (χ0n) is 17.2. The molecule has 0 spiro atoms. The minimum absolute atomic E-state index is 0.0594. The maximum atomic E-state index is 12.5. The van der Waals surface area contributed by atoms with Crippen molar-refractivity contribution in [2.75, 3.05) is 20.1 Å².